The highest BCUT2D eigenvalue weighted by atomic mass is 16.4. The first-order valence-electron chi connectivity index (χ1n) is 4.44. The molecule has 0 aromatic carbocycles. The maximum Gasteiger partial charge on any atom is 0.331 e. The molecule has 0 fully saturated rings. The van der Waals surface area contributed by atoms with Gasteiger partial charge in [-0.2, -0.15) is 0 Å². The Morgan fingerprint density at radius 2 is 1.92 bits per heavy atom. The Kier molecular flexibility index (Phi) is 4.46. The molecule has 2 heteroatoms. The van der Waals surface area contributed by atoms with E-state index >= 15 is 0 Å². The fourth-order valence-corrected chi connectivity index (χ4v) is 1.06. The molecule has 0 aromatic rings. The average Bonchev–Trinajstić information content (AvgIpc) is 1.94. The molecule has 1 N–H and O–H groups in total. The first-order valence-corrected chi connectivity index (χ1v) is 4.44. The Morgan fingerprint density at radius 1 is 1.38 bits per heavy atom. The normalized spacial score (nSPS) is 12.7. The summed E-state index contributed by atoms with van der Waals surface area (Å²) in [5, 5.41) is 8.91. The second-order valence-corrected chi connectivity index (χ2v) is 4.04. The minimum absolute atomic E-state index is 0.285. The van der Waals surface area contributed by atoms with E-state index in [9.17, 15) is 4.79 Å². The molecule has 2 nitrogen and oxygen atoms in total. The average molecular weight is 182 g/mol. The van der Waals surface area contributed by atoms with E-state index in [1.54, 1.807) is 12.2 Å². The van der Waals surface area contributed by atoms with Crippen LogP contribution < -0.4 is 0 Å². The van der Waals surface area contributed by atoms with Gasteiger partial charge in [-0.05, 0) is 18.3 Å². The SMILES string of the molecule is C=CCCC=C(C(=O)O)C(C)(C)C. The molecule has 0 unspecified atom stereocenters. The minimum atomic E-state index is -0.823. The Balaban J connectivity index is 4.52. The van der Waals surface area contributed by atoms with Crippen LogP contribution in [0.2, 0.25) is 0 Å². The summed E-state index contributed by atoms with van der Waals surface area (Å²) in [6.45, 7) is 9.30. The molecule has 0 aliphatic heterocycles. The largest absolute Gasteiger partial charge is 0.478 e. The Labute approximate surface area is 80.0 Å². The molecule has 0 radical (unpaired) electrons. The maximum atomic E-state index is 10.8. The van der Waals surface area contributed by atoms with Gasteiger partial charge in [-0.1, -0.05) is 32.9 Å². The van der Waals surface area contributed by atoms with Crippen molar-refractivity contribution in [3.8, 4) is 0 Å². The predicted molar refractivity (Wildman–Crippen MR) is 54.6 cm³/mol. The topological polar surface area (TPSA) is 37.3 Å². The van der Waals surface area contributed by atoms with Gasteiger partial charge in [-0.25, -0.2) is 4.79 Å². The van der Waals surface area contributed by atoms with E-state index in [1.807, 2.05) is 20.8 Å². The van der Waals surface area contributed by atoms with E-state index in [0.717, 1.165) is 12.8 Å². The number of rotatable bonds is 4. The highest BCUT2D eigenvalue weighted by Crippen LogP contribution is 2.25. The van der Waals surface area contributed by atoms with E-state index in [4.69, 9.17) is 5.11 Å². The molecular weight excluding hydrogens is 164 g/mol. The quantitative estimate of drug-likeness (QED) is 0.412. The first-order chi connectivity index (χ1) is 5.89. The molecule has 0 heterocycles. The van der Waals surface area contributed by atoms with Crippen LogP contribution in [0.5, 0.6) is 0 Å². The van der Waals surface area contributed by atoms with Crippen LogP contribution in [0.15, 0.2) is 24.3 Å². The summed E-state index contributed by atoms with van der Waals surface area (Å²) in [5.74, 6) is -0.823. The van der Waals surface area contributed by atoms with Crippen LogP contribution in [0.1, 0.15) is 33.6 Å². The van der Waals surface area contributed by atoms with Gasteiger partial charge < -0.3 is 5.11 Å². The highest BCUT2D eigenvalue weighted by molar-refractivity contribution is 5.87. The molecule has 0 saturated carbocycles. The smallest absolute Gasteiger partial charge is 0.331 e. The number of carboxylic acid groups (broad SMARTS) is 1. The van der Waals surface area contributed by atoms with Crippen LogP contribution >= 0.6 is 0 Å². The molecule has 0 aliphatic rings. The van der Waals surface area contributed by atoms with Gasteiger partial charge in [0.15, 0.2) is 0 Å². The number of carbonyl (C=O) groups is 1. The third-order valence-electron chi connectivity index (χ3n) is 1.76. The van der Waals surface area contributed by atoms with Crippen LogP contribution in [0, 0.1) is 5.41 Å². The van der Waals surface area contributed by atoms with Crippen molar-refractivity contribution in [2.45, 2.75) is 33.6 Å². The van der Waals surface area contributed by atoms with Crippen molar-refractivity contribution in [2.75, 3.05) is 0 Å². The molecule has 0 saturated heterocycles. The van der Waals surface area contributed by atoms with Crippen molar-refractivity contribution < 1.29 is 9.90 Å². The highest BCUT2D eigenvalue weighted by Gasteiger charge is 2.22. The zero-order chi connectivity index (χ0) is 10.5. The van der Waals surface area contributed by atoms with Gasteiger partial charge in [0.05, 0.1) is 0 Å². The molecule has 0 aliphatic carbocycles. The lowest BCUT2D eigenvalue weighted by molar-refractivity contribution is -0.133. The number of carboxylic acids is 1. The molecule has 0 atom stereocenters. The third kappa shape index (κ3) is 4.51. The molecule has 13 heavy (non-hydrogen) atoms. The van der Waals surface area contributed by atoms with Crippen molar-refractivity contribution in [3.63, 3.8) is 0 Å². The molecule has 0 aromatic heterocycles. The zero-order valence-corrected chi connectivity index (χ0v) is 8.63. The van der Waals surface area contributed by atoms with Gasteiger partial charge in [0.1, 0.15) is 0 Å². The fraction of sp³-hybridized carbons (Fsp3) is 0.545. The summed E-state index contributed by atoms with van der Waals surface area (Å²) in [6.07, 6.45) is 5.15. The Hall–Kier alpha value is -1.05. The lowest BCUT2D eigenvalue weighted by atomic mass is 9.85. The lowest BCUT2D eigenvalue weighted by Gasteiger charge is -2.19. The number of unbranched alkanes of at least 4 members (excludes halogenated alkanes) is 1. The van der Waals surface area contributed by atoms with E-state index in [0.29, 0.717) is 5.57 Å². The van der Waals surface area contributed by atoms with Crippen molar-refractivity contribution in [2.24, 2.45) is 5.41 Å². The zero-order valence-electron chi connectivity index (χ0n) is 8.63. The summed E-state index contributed by atoms with van der Waals surface area (Å²) in [4.78, 5) is 10.8. The number of aliphatic carboxylic acids is 1. The third-order valence-corrected chi connectivity index (χ3v) is 1.76. The summed E-state index contributed by atoms with van der Waals surface area (Å²) < 4.78 is 0. The van der Waals surface area contributed by atoms with E-state index < -0.39 is 5.97 Å². The molecular formula is C11H18O2. The van der Waals surface area contributed by atoms with Crippen LogP contribution in [0.4, 0.5) is 0 Å². The predicted octanol–water partition coefficient (Wildman–Crippen LogP) is 3.01. The standard InChI is InChI=1S/C11H18O2/c1-5-6-7-8-9(10(12)13)11(2,3)4/h5,8H,1,6-7H2,2-4H3,(H,12,13). The van der Waals surface area contributed by atoms with Gasteiger partial charge in [0.25, 0.3) is 0 Å². The number of allylic oxidation sites excluding steroid dienone is 2. The van der Waals surface area contributed by atoms with Crippen molar-refractivity contribution in [1.82, 2.24) is 0 Å². The second-order valence-electron chi connectivity index (χ2n) is 4.04. The van der Waals surface area contributed by atoms with Gasteiger partial charge in [-0.15, -0.1) is 6.58 Å². The fourth-order valence-electron chi connectivity index (χ4n) is 1.06. The van der Waals surface area contributed by atoms with Crippen LogP contribution in [-0.2, 0) is 4.79 Å². The monoisotopic (exact) mass is 182 g/mol. The number of hydrogen-bond acceptors (Lipinski definition) is 1. The van der Waals surface area contributed by atoms with Gasteiger partial charge in [0.2, 0.25) is 0 Å². The van der Waals surface area contributed by atoms with Crippen LogP contribution in [0.25, 0.3) is 0 Å². The molecule has 74 valence electrons. The van der Waals surface area contributed by atoms with Crippen molar-refractivity contribution >= 4 is 5.97 Å². The summed E-state index contributed by atoms with van der Waals surface area (Å²) in [6, 6.07) is 0. The molecule has 0 spiro atoms. The van der Waals surface area contributed by atoms with Crippen molar-refractivity contribution in [1.29, 1.82) is 0 Å². The van der Waals surface area contributed by atoms with Gasteiger partial charge in [0, 0.05) is 5.57 Å². The molecule has 0 amide bonds. The maximum absolute atomic E-state index is 10.8. The summed E-state index contributed by atoms with van der Waals surface area (Å²) in [7, 11) is 0. The summed E-state index contributed by atoms with van der Waals surface area (Å²) in [5.41, 5.74) is 0.196. The van der Waals surface area contributed by atoms with Crippen LogP contribution in [-0.4, -0.2) is 11.1 Å². The van der Waals surface area contributed by atoms with Gasteiger partial charge >= 0.3 is 5.97 Å². The van der Waals surface area contributed by atoms with Crippen molar-refractivity contribution in [3.05, 3.63) is 24.3 Å². The Bertz CT molecular complexity index is 219. The Morgan fingerprint density at radius 3 is 2.23 bits per heavy atom. The van der Waals surface area contributed by atoms with Gasteiger partial charge in [-0.3, -0.25) is 0 Å². The lowest BCUT2D eigenvalue weighted by Crippen LogP contribution is -2.17. The van der Waals surface area contributed by atoms with E-state index in [1.165, 1.54) is 0 Å². The minimum Gasteiger partial charge on any atom is -0.478 e. The molecule has 0 rings (SSSR count). The molecule has 0 bridgehead atoms. The van der Waals surface area contributed by atoms with Crippen LogP contribution in [0.3, 0.4) is 0 Å². The number of hydrogen-bond donors (Lipinski definition) is 1. The summed E-state index contributed by atoms with van der Waals surface area (Å²) >= 11 is 0. The van der Waals surface area contributed by atoms with E-state index in [2.05, 4.69) is 6.58 Å². The first kappa shape index (κ1) is 11.9. The second kappa shape index (κ2) is 4.85. The van der Waals surface area contributed by atoms with E-state index in [-0.39, 0.29) is 5.41 Å².